The lowest BCUT2D eigenvalue weighted by Crippen LogP contribution is -2.01. The van der Waals surface area contributed by atoms with Gasteiger partial charge in [-0.25, -0.2) is 0 Å². The highest BCUT2D eigenvalue weighted by Gasteiger charge is 2.06. The van der Waals surface area contributed by atoms with Crippen molar-refractivity contribution in [2.75, 3.05) is 0 Å². The minimum atomic E-state index is 0.310. The summed E-state index contributed by atoms with van der Waals surface area (Å²) >= 11 is 0. The Hall–Kier alpha value is -1.31. The number of nitrogens with zero attached hydrogens (tertiary/aromatic N) is 1. The second-order valence-corrected chi connectivity index (χ2v) is 5.12. The molecule has 0 saturated heterocycles. The van der Waals surface area contributed by atoms with Crippen molar-refractivity contribution in [1.29, 1.82) is 0 Å². The van der Waals surface area contributed by atoms with Crippen molar-refractivity contribution in [2.24, 2.45) is 5.41 Å². The van der Waals surface area contributed by atoms with Gasteiger partial charge in [0, 0.05) is 0 Å². The van der Waals surface area contributed by atoms with Crippen LogP contribution in [0.25, 0.3) is 6.08 Å². The molecule has 2 heteroatoms. The lowest BCUT2D eigenvalue weighted by molar-refractivity contribution is 0.421. The highest BCUT2D eigenvalue weighted by molar-refractivity contribution is 5.46. The third-order valence-corrected chi connectivity index (χ3v) is 2.01. The minimum Gasteiger partial charge on any atom is -0.579 e. The summed E-state index contributed by atoms with van der Waals surface area (Å²) in [5.41, 5.74) is 2.28. The van der Waals surface area contributed by atoms with Gasteiger partial charge in [0.05, 0.1) is 11.8 Å². The molecule has 0 aliphatic carbocycles. The maximum Gasteiger partial charge on any atom is 0.357 e. The molecule has 0 atom stereocenters. The summed E-state index contributed by atoms with van der Waals surface area (Å²) in [6.45, 7) is 8.60. The third kappa shape index (κ3) is 4.63. The first-order chi connectivity index (χ1) is 6.87. The van der Waals surface area contributed by atoms with Crippen LogP contribution in [0.5, 0.6) is 5.88 Å². The molecule has 0 saturated carbocycles. The minimum absolute atomic E-state index is 0.310. The van der Waals surface area contributed by atoms with Crippen molar-refractivity contribution < 1.29 is 5.11 Å². The topological polar surface area (TPSA) is 35.8 Å². The molecule has 0 aliphatic heterocycles. The van der Waals surface area contributed by atoms with Gasteiger partial charge in [0.15, 0.2) is 0 Å². The standard InChI is InChI=1S/C13H19NO/c1-10-8-11(14-12(15)9-10)6-5-7-13(2,3)4/h5-6,8-9H,7H2,1-4H3,(H,14,15)/p+1/b6-5+. The Morgan fingerprint density at radius 1 is 1.33 bits per heavy atom. The second kappa shape index (κ2) is 4.47. The molecule has 0 amide bonds. The van der Waals surface area contributed by atoms with E-state index >= 15 is 0 Å². The molecular formula is C13H20NO+. The van der Waals surface area contributed by atoms with Crippen LogP contribution >= 0.6 is 0 Å². The van der Waals surface area contributed by atoms with E-state index in [-0.39, 0.29) is 0 Å². The van der Waals surface area contributed by atoms with E-state index in [9.17, 15) is 0 Å². The quantitative estimate of drug-likeness (QED) is 0.684. The molecule has 1 aromatic rings. The Kier molecular flexibility index (Phi) is 3.51. The Labute approximate surface area is 91.7 Å². The first-order valence-corrected chi connectivity index (χ1v) is 5.24. The van der Waals surface area contributed by atoms with Gasteiger partial charge in [-0.15, -0.1) is 0 Å². The van der Waals surface area contributed by atoms with Gasteiger partial charge >= 0.3 is 5.88 Å². The van der Waals surface area contributed by atoms with Crippen LogP contribution in [0, 0.1) is 12.3 Å². The van der Waals surface area contributed by atoms with E-state index in [4.69, 9.17) is 5.11 Å². The van der Waals surface area contributed by atoms with Crippen molar-refractivity contribution in [3.05, 3.63) is 29.5 Å². The summed E-state index contributed by atoms with van der Waals surface area (Å²) in [7, 11) is 0. The summed E-state index contributed by atoms with van der Waals surface area (Å²) in [5.74, 6) is 0.338. The van der Waals surface area contributed by atoms with Crippen LogP contribution in [-0.4, -0.2) is 10.1 Å². The molecule has 15 heavy (non-hydrogen) atoms. The van der Waals surface area contributed by atoms with Crippen molar-refractivity contribution in [3.63, 3.8) is 0 Å². The fourth-order valence-corrected chi connectivity index (χ4v) is 1.31. The second-order valence-electron chi connectivity index (χ2n) is 5.12. The van der Waals surface area contributed by atoms with Crippen molar-refractivity contribution in [1.82, 2.24) is 4.98 Å². The number of pyridine rings is 1. The molecule has 1 heterocycles. The van der Waals surface area contributed by atoms with Crippen molar-refractivity contribution in [3.8, 4) is 5.88 Å². The van der Waals surface area contributed by atoms with Gasteiger partial charge in [-0.2, -0.15) is 4.98 Å². The van der Waals surface area contributed by atoms with Crippen LogP contribution in [0.2, 0.25) is 0 Å². The lowest BCUT2D eigenvalue weighted by atomic mass is 9.92. The van der Waals surface area contributed by atoms with E-state index in [1.54, 1.807) is 6.07 Å². The zero-order valence-electron chi connectivity index (χ0n) is 9.96. The van der Waals surface area contributed by atoms with Crippen LogP contribution in [0.3, 0.4) is 0 Å². The SMILES string of the molecule is Cc1cc([OH2+])nc(/C=C/CC(C)(C)C)c1. The molecule has 82 valence electrons. The smallest absolute Gasteiger partial charge is 0.357 e. The first-order valence-electron chi connectivity index (χ1n) is 5.24. The number of aromatic nitrogens is 1. The summed E-state index contributed by atoms with van der Waals surface area (Å²) in [5, 5.41) is 7.49. The Morgan fingerprint density at radius 3 is 2.53 bits per heavy atom. The van der Waals surface area contributed by atoms with Gasteiger partial charge in [0.25, 0.3) is 0 Å². The van der Waals surface area contributed by atoms with Gasteiger partial charge in [-0.1, -0.05) is 26.8 Å². The van der Waals surface area contributed by atoms with E-state index in [0.29, 0.717) is 11.3 Å². The molecule has 1 rings (SSSR count). The summed E-state index contributed by atoms with van der Waals surface area (Å²) in [4.78, 5) is 4.13. The molecule has 1 aromatic heterocycles. The Bertz CT molecular complexity index is 341. The molecule has 0 bridgehead atoms. The first kappa shape index (κ1) is 11.8. The number of hydrogen-bond acceptors (Lipinski definition) is 1. The lowest BCUT2D eigenvalue weighted by Gasteiger charge is -2.14. The average molecular weight is 206 g/mol. The number of aryl methyl sites for hydroxylation is 1. The van der Waals surface area contributed by atoms with Crippen molar-refractivity contribution in [2.45, 2.75) is 34.1 Å². The zero-order chi connectivity index (χ0) is 11.5. The monoisotopic (exact) mass is 206 g/mol. The van der Waals surface area contributed by atoms with Crippen LogP contribution in [0.15, 0.2) is 18.2 Å². The summed E-state index contributed by atoms with van der Waals surface area (Å²) in [6.07, 6.45) is 5.15. The largest absolute Gasteiger partial charge is 0.579 e. The Morgan fingerprint density at radius 2 is 2.00 bits per heavy atom. The van der Waals surface area contributed by atoms with E-state index in [2.05, 4.69) is 31.8 Å². The highest BCUT2D eigenvalue weighted by atomic mass is 16.3. The van der Waals surface area contributed by atoms with Gasteiger partial charge in [0.1, 0.15) is 0 Å². The molecule has 2 N–H and O–H groups in total. The van der Waals surface area contributed by atoms with E-state index in [1.165, 1.54) is 0 Å². The molecule has 0 spiro atoms. The summed E-state index contributed by atoms with van der Waals surface area (Å²) in [6, 6.07) is 3.76. The number of allylic oxidation sites excluding steroid dienone is 1. The van der Waals surface area contributed by atoms with E-state index in [1.807, 2.05) is 19.1 Å². The predicted octanol–water partition coefficient (Wildman–Crippen LogP) is 3.28. The van der Waals surface area contributed by atoms with Gasteiger partial charge in [-0.3, -0.25) is 0 Å². The molecule has 0 aromatic carbocycles. The highest BCUT2D eigenvalue weighted by Crippen LogP contribution is 2.20. The van der Waals surface area contributed by atoms with Gasteiger partial charge in [0.2, 0.25) is 0 Å². The maximum absolute atomic E-state index is 7.49. The van der Waals surface area contributed by atoms with Crippen molar-refractivity contribution >= 4 is 6.08 Å². The predicted molar refractivity (Wildman–Crippen MR) is 65.1 cm³/mol. The van der Waals surface area contributed by atoms with Crippen LogP contribution in [0.4, 0.5) is 0 Å². The van der Waals surface area contributed by atoms with Crippen LogP contribution in [0.1, 0.15) is 38.4 Å². The molecule has 2 nitrogen and oxygen atoms in total. The number of rotatable bonds is 2. The van der Waals surface area contributed by atoms with Crippen LogP contribution < -0.4 is 0 Å². The fraction of sp³-hybridized carbons (Fsp3) is 0.462. The number of hydrogen-bond donors (Lipinski definition) is 0. The maximum atomic E-state index is 7.49. The van der Waals surface area contributed by atoms with E-state index < -0.39 is 0 Å². The molecule has 0 unspecified atom stereocenters. The van der Waals surface area contributed by atoms with Gasteiger partial charge < -0.3 is 5.11 Å². The van der Waals surface area contributed by atoms with Crippen LogP contribution in [-0.2, 0) is 0 Å². The van der Waals surface area contributed by atoms with E-state index in [0.717, 1.165) is 17.7 Å². The normalized spacial score (nSPS) is 12.3. The summed E-state index contributed by atoms with van der Waals surface area (Å²) < 4.78 is 0. The molecule has 0 fully saturated rings. The van der Waals surface area contributed by atoms with Gasteiger partial charge in [-0.05, 0) is 36.5 Å². The fourth-order valence-electron chi connectivity index (χ4n) is 1.31. The molecule has 0 aliphatic rings. The zero-order valence-corrected chi connectivity index (χ0v) is 9.96. The average Bonchev–Trinajstić information content (AvgIpc) is 1.99. The third-order valence-electron chi connectivity index (χ3n) is 2.01. The molecule has 0 radical (unpaired) electrons. The Balaban J connectivity index is 2.72. The molecular weight excluding hydrogens is 186 g/mol.